The van der Waals surface area contributed by atoms with Gasteiger partial charge >= 0.3 is 11.9 Å². The van der Waals surface area contributed by atoms with Crippen molar-refractivity contribution in [2.75, 3.05) is 97.8 Å². The lowest BCUT2D eigenvalue weighted by atomic mass is 9.79. The summed E-state index contributed by atoms with van der Waals surface area (Å²) in [5, 5.41) is 18.5. The Labute approximate surface area is 341 Å². The smallest absolute Gasteiger partial charge is 0.309 e. The number of carbonyl (C=O) groups is 2. The van der Waals surface area contributed by atoms with E-state index < -0.39 is 11.8 Å². The number of hydrogen-bond acceptors (Lipinski definition) is 15. The highest BCUT2D eigenvalue weighted by Gasteiger charge is 2.37. The van der Waals surface area contributed by atoms with Crippen LogP contribution < -0.4 is 4.90 Å². The fourth-order valence-corrected chi connectivity index (χ4v) is 7.02. The van der Waals surface area contributed by atoms with Gasteiger partial charge in [0.2, 0.25) is 5.69 Å². The molecule has 1 aromatic heterocycles. The van der Waals surface area contributed by atoms with Crippen molar-refractivity contribution in [3.63, 3.8) is 0 Å². The molecule has 0 amide bonds. The number of carbonyl (C=O) groups excluding carboxylic acids is 2. The molecule has 15 nitrogen and oxygen atoms in total. The number of anilines is 1. The van der Waals surface area contributed by atoms with Crippen LogP contribution in [0.1, 0.15) is 62.5 Å². The monoisotopic (exact) mass is 813 g/mol. The van der Waals surface area contributed by atoms with Crippen LogP contribution in [0.25, 0.3) is 4.85 Å². The van der Waals surface area contributed by atoms with E-state index in [4.69, 9.17) is 44.5 Å². The van der Waals surface area contributed by atoms with Gasteiger partial charge in [-0.15, -0.1) is 11.3 Å². The number of methoxy groups -OCH3 is 1. The van der Waals surface area contributed by atoms with Crippen molar-refractivity contribution in [1.29, 1.82) is 5.26 Å². The number of benzene rings is 1. The molecule has 0 aliphatic heterocycles. The topological polar surface area (TPSA) is 164 Å². The molecule has 1 saturated carbocycles. The first kappa shape index (κ1) is 47.4. The zero-order valence-corrected chi connectivity index (χ0v) is 35.1. The summed E-state index contributed by atoms with van der Waals surface area (Å²) in [5.74, 6) is -1.59. The Morgan fingerprint density at radius 2 is 1.51 bits per heavy atom. The maximum atomic E-state index is 12.4. The van der Waals surface area contributed by atoms with Gasteiger partial charge in [0.15, 0.2) is 0 Å². The van der Waals surface area contributed by atoms with E-state index in [9.17, 15) is 14.9 Å². The van der Waals surface area contributed by atoms with Gasteiger partial charge in [-0.3, -0.25) is 9.59 Å². The SMILES string of the molecule is [C-]#[N+]c1c(N=Nc2ccc(N(CC)CC(COC(C)C)OCCOCCOCCOCCOCCOC(=O)C3CCCCC3C(=O)OC)cc2C)sc(C#N)c1C. The summed E-state index contributed by atoms with van der Waals surface area (Å²) in [4.78, 5) is 30.7. The Balaban J connectivity index is 1.28. The van der Waals surface area contributed by atoms with Gasteiger partial charge in [0.1, 0.15) is 17.7 Å². The van der Waals surface area contributed by atoms with Gasteiger partial charge < -0.3 is 42.8 Å². The predicted octanol–water partition coefficient (Wildman–Crippen LogP) is 7.43. The molecule has 1 aliphatic carbocycles. The minimum Gasteiger partial charge on any atom is -0.469 e. The minimum absolute atomic E-state index is 0.0649. The van der Waals surface area contributed by atoms with E-state index in [0.717, 1.165) is 30.6 Å². The number of ether oxygens (including phenoxy) is 8. The number of esters is 2. The van der Waals surface area contributed by atoms with E-state index in [1.54, 1.807) is 6.92 Å². The lowest BCUT2D eigenvalue weighted by Crippen LogP contribution is -2.38. The molecule has 0 N–H and O–H groups in total. The quantitative estimate of drug-likeness (QED) is 0.0380. The van der Waals surface area contributed by atoms with Crippen molar-refractivity contribution >= 4 is 45.3 Å². The molecule has 0 saturated heterocycles. The number of rotatable bonds is 27. The molecule has 16 heteroatoms. The van der Waals surface area contributed by atoms with Gasteiger partial charge in [0.25, 0.3) is 0 Å². The summed E-state index contributed by atoms with van der Waals surface area (Å²) >= 11 is 1.17. The number of likely N-dealkylation sites (N-methyl/N-ethyl adjacent to an activating group) is 1. The van der Waals surface area contributed by atoms with E-state index in [1.165, 1.54) is 18.4 Å². The fraction of sp³-hybridized carbons (Fsp3) is 0.659. The van der Waals surface area contributed by atoms with Crippen LogP contribution in [-0.2, 0) is 47.5 Å². The summed E-state index contributed by atoms with van der Waals surface area (Å²) in [6.45, 7) is 22.7. The Hall–Kier alpha value is -4.00. The number of nitrogens with zero attached hydrogens (tertiary/aromatic N) is 5. The van der Waals surface area contributed by atoms with Crippen molar-refractivity contribution in [1.82, 2.24) is 0 Å². The molecule has 0 radical (unpaired) electrons. The third kappa shape index (κ3) is 16.4. The molecule has 1 fully saturated rings. The molecule has 1 aliphatic rings. The fourth-order valence-electron chi connectivity index (χ4n) is 6.15. The molecule has 1 aromatic carbocycles. The van der Waals surface area contributed by atoms with Crippen molar-refractivity contribution in [2.45, 2.75) is 72.5 Å². The molecule has 3 rings (SSSR count). The average Bonchev–Trinajstić information content (AvgIpc) is 3.53. The first-order valence-corrected chi connectivity index (χ1v) is 20.4. The van der Waals surface area contributed by atoms with E-state index in [1.807, 2.05) is 32.9 Å². The van der Waals surface area contributed by atoms with Crippen molar-refractivity contribution < 1.29 is 47.5 Å². The van der Waals surface area contributed by atoms with Crippen LogP contribution in [0.5, 0.6) is 0 Å². The van der Waals surface area contributed by atoms with Crippen LogP contribution in [-0.4, -0.2) is 117 Å². The Kier molecular flexibility index (Phi) is 22.3. The van der Waals surface area contributed by atoms with Gasteiger partial charge in [-0.05, 0) is 76.8 Å². The summed E-state index contributed by atoms with van der Waals surface area (Å²) in [6, 6.07) is 8.08. The van der Waals surface area contributed by atoms with Crippen LogP contribution in [0.3, 0.4) is 0 Å². The number of azo groups is 1. The number of thiophene rings is 1. The standard InChI is InChI=1S/C41H59N5O10S/c1-8-46(32-13-14-36(30(4)25-32)44-45-39-38(43-6)31(5)37(26-42)57-39)27-33(28-56-29(2)3)54-23-21-52-19-17-50-15-16-51-18-20-53-22-24-55-41(48)35-12-10-9-11-34(35)40(47)49-7/h13-14,25,29,33-35H,8-12,15-24,27-28H2,1-5,7H3. The lowest BCUT2D eigenvalue weighted by molar-refractivity contribution is -0.162. The zero-order chi connectivity index (χ0) is 41.4. The van der Waals surface area contributed by atoms with Crippen molar-refractivity contribution in [3.8, 4) is 6.07 Å². The van der Waals surface area contributed by atoms with Crippen LogP contribution in [0, 0.1) is 43.6 Å². The Morgan fingerprint density at radius 1 is 0.912 bits per heavy atom. The lowest BCUT2D eigenvalue weighted by Gasteiger charge is -2.29. The van der Waals surface area contributed by atoms with Gasteiger partial charge in [-0.2, -0.15) is 15.5 Å². The van der Waals surface area contributed by atoms with Crippen LogP contribution in [0.4, 0.5) is 22.1 Å². The van der Waals surface area contributed by atoms with E-state index >= 15 is 0 Å². The van der Waals surface area contributed by atoms with Crippen LogP contribution >= 0.6 is 11.3 Å². The average molecular weight is 814 g/mol. The molecule has 3 unspecified atom stereocenters. The third-order valence-corrected chi connectivity index (χ3v) is 10.3. The molecule has 314 valence electrons. The zero-order valence-electron chi connectivity index (χ0n) is 34.3. The molecular formula is C41H59N5O10S. The molecule has 57 heavy (non-hydrogen) atoms. The Bertz CT molecular complexity index is 1640. The second-order valence-corrected chi connectivity index (χ2v) is 14.7. The highest BCUT2D eigenvalue weighted by molar-refractivity contribution is 7.17. The van der Waals surface area contributed by atoms with Crippen molar-refractivity contribution in [3.05, 3.63) is 45.6 Å². The van der Waals surface area contributed by atoms with Gasteiger partial charge in [0.05, 0.1) is 114 Å². The van der Waals surface area contributed by atoms with Gasteiger partial charge in [-0.1, -0.05) is 12.8 Å². The first-order valence-electron chi connectivity index (χ1n) is 19.6. The second kappa shape index (κ2) is 26.8. The number of aryl methyl sites for hydroxylation is 1. The van der Waals surface area contributed by atoms with Gasteiger partial charge in [-0.25, -0.2) is 4.85 Å². The van der Waals surface area contributed by atoms with Gasteiger partial charge in [0, 0.05) is 18.8 Å². The Morgan fingerprint density at radius 3 is 2.05 bits per heavy atom. The summed E-state index contributed by atoms with van der Waals surface area (Å²) in [5.41, 5.74) is 3.64. The van der Waals surface area contributed by atoms with Crippen molar-refractivity contribution in [2.24, 2.45) is 22.1 Å². The highest BCUT2D eigenvalue weighted by Crippen LogP contribution is 2.42. The van der Waals surface area contributed by atoms with Crippen LogP contribution in [0.2, 0.25) is 0 Å². The number of hydrogen-bond donors (Lipinski definition) is 0. The minimum atomic E-state index is -0.447. The van der Waals surface area contributed by atoms with E-state index in [0.29, 0.717) is 106 Å². The highest BCUT2D eigenvalue weighted by atomic mass is 32.1. The normalized spacial score (nSPS) is 16.0. The summed E-state index contributed by atoms with van der Waals surface area (Å²) in [6.07, 6.45) is 2.97. The molecule has 3 atom stereocenters. The maximum Gasteiger partial charge on any atom is 0.309 e. The van der Waals surface area contributed by atoms with Crippen LogP contribution in [0.15, 0.2) is 28.4 Å². The molecule has 2 aromatic rings. The maximum absolute atomic E-state index is 12.4. The molecule has 0 bridgehead atoms. The second-order valence-electron chi connectivity index (χ2n) is 13.7. The molecule has 0 spiro atoms. The summed E-state index contributed by atoms with van der Waals surface area (Å²) in [7, 11) is 1.34. The molecule has 1 heterocycles. The summed E-state index contributed by atoms with van der Waals surface area (Å²) < 4.78 is 44.7. The van der Waals surface area contributed by atoms with E-state index in [2.05, 4.69) is 39.0 Å². The third-order valence-electron chi connectivity index (χ3n) is 9.27. The number of nitriles is 1. The van der Waals surface area contributed by atoms with E-state index in [-0.39, 0.29) is 37.4 Å². The molecular weight excluding hydrogens is 755 g/mol. The largest absolute Gasteiger partial charge is 0.469 e. The first-order chi connectivity index (χ1) is 27.6. The predicted molar refractivity (Wildman–Crippen MR) is 216 cm³/mol.